The van der Waals surface area contributed by atoms with Gasteiger partial charge >= 0.3 is 6.36 Å². The summed E-state index contributed by atoms with van der Waals surface area (Å²) in [5.41, 5.74) is 0.770. The van der Waals surface area contributed by atoms with Crippen LogP contribution in [0, 0.1) is 17.1 Å². The Hall–Kier alpha value is -2.25. The van der Waals surface area contributed by atoms with Gasteiger partial charge in [0.15, 0.2) is 11.6 Å². The van der Waals surface area contributed by atoms with E-state index in [1.165, 1.54) is 30.3 Å². The Kier molecular flexibility index (Phi) is 9.18. The molecular weight excluding hydrogens is 449 g/mol. The molecule has 1 fully saturated rings. The van der Waals surface area contributed by atoms with Crippen molar-refractivity contribution in [3.8, 4) is 17.6 Å². The second-order valence-corrected chi connectivity index (χ2v) is 6.31. The minimum absolute atomic E-state index is 0. The molecule has 1 atom stereocenters. The van der Waals surface area contributed by atoms with E-state index in [9.17, 15) is 22.7 Å². The molecular formula is C19H19Cl2F4N3O2. The van der Waals surface area contributed by atoms with E-state index in [-0.39, 0.29) is 41.7 Å². The van der Waals surface area contributed by atoms with Gasteiger partial charge in [0.25, 0.3) is 0 Å². The van der Waals surface area contributed by atoms with E-state index in [2.05, 4.69) is 10.1 Å². The maximum Gasteiger partial charge on any atom is 0.573 e. The Labute approximate surface area is 183 Å². The molecule has 1 heterocycles. The largest absolute Gasteiger partial charge is 0.573 e. The molecule has 3 rings (SSSR count). The van der Waals surface area contributed by atoms with E-state index in [1.54, 1.807) is 0 Å². The van der Waals surface area contributed by atoms with Crippen LogP contribution in [0.5, 0.6) is 11.5 Å². The van der Waals surface area contributed by atoms with Crippen molar-refractivity contribution < 1.29 is 27.4 Å². The predicted molar refractivity (Wildman–Crippen MR) is 107 cm³/mol. The van der Waals surface area contributed by atoms with Gasteiger partial charge in [-0.25, -0.2) is 4.39 Å². The number of halogens is 6. The number of hydrogen-bond acceptors (Lipinski definition) is 5. The summed E-state index contributed by atoms with van der Waals surface area (Å²) in [5, 5.41) is 22.6. The first-order valence-electron chi connectivity index (χ1n) is 8.51. The number of ether oxygens (including phenoxy) is 1. The number of nitriles is 1. The van der Waals surface area contributed by atoms with Crippen molar-refractivity contribution in [2.24, 2.45) is 0 Å². The van der Waals surface area contributed by atoms with Gasteiger partial charge < -0.3 is 15.2 Å². The first kappa shape index (κ1) is 25.8. The Morgan fingerprint density at radius 2 is 1.70 bits per heavy atom. The third kappa shape index (κ3) is 6.12. The zero-order valence-corrected chi connectivity index (χ0v) is 17.1. The highest BCUT2D eigenvalue weighted by molar-refractivity contribution is 5.85. The van der Waals surface area contributed by atoms with Crippen LogP contribution in [0.1, 0.15) is 22.7 Å². The molecule has 0 unspecified atom stereocenters. The van der Waals surface area contributed by atoms with Crippen molar-refractivity contribution >= 4 is 24.8 Å². The average molecular weight is 468 g/mol. The summed E-state index contributed by atoms with van der Waals surface area (Å²) in [6.07, 6.45) is -4.80. The third-order valence-corrected chi connectivity index (χ3v) is 4.46. The average Bonchev–Trinajstić information content (AvgIpc) is 2.66. The summed E-state index contributed by atoms with van der Waals surface area (Å²) in [4.78, 5) is 1.96. The molecule has 2 aromatic carbocycles. The Morgan fingerprint density at radius 1 is 1.10 bits per heavy atom. The smallest absolute Gasteiger partial charge is 0.505 e. The molecule has 0 amide bonds. The maximum absolute atomic E-state index is 14.1. The number of aromatic hydroxyl groups is 1. The van der Waals surface area contributed by atoms with Crippen LogP contribution in [0.4, 0.5) is 17.6 Å². The summed E-state index contributed by atoms with van der Waals surface area (Å²) in [6, 6.07) is 8.75. The van der Waals surface area contributed by atoms with E-state index >= 15 is 0 Å². The highest BCUT2D eigenvalue weighted by atomic mass is 35.5. The van der Waals surface area contributed by atoms with Crippen molar-refractivity contribution in [3.05, 3.63) is 58.9 Å². The number of piperazine rings is 1. The van der Waals surface area contributed by atoms with Gasteiger partial charge in [-0.05, 0) is 29.8 Å². The molecule has 0 saturated carbocycles. The quantitative estimate of drug-likeness (QED) is 0.661. The predicted octanol–water partition coefficient (Wildman–Crippen LogP) is 4.14. The zero-order valence-electron chi connectivity index (χ0n) is 15.4. The number of phenolic OH excluding ortho intramolecular Hbond substituents is 1. The number of nitrogens with zero attached hydrogens (tertiary/aromatic N) is 2. The number of alkyl halides is 3. The molecule has 2 aromatic rings. The minimum Gasteiger partial charge on any atom is -0.505 e. The van der Waals surface area contributed by atoms with Crippen LogP contribution in [0.3, 0.4) is 0 Å². The van der Waals surface area contributed by atoms with E-state index in [4.69, 9.17) is 5.26 Å². The second-order valence-electron chi connectivity index (χ2n) is 6.31. The Bertz CT molecular complexity index is 883. The molecule has 2 N–H and O–H groups in total. The van der Waals surface area contributed by atoms with Crippen molar-refractivity contribution in [3.63, 3.8) is 0 Å². The summed E-state index contributed by atoms with van der Waals surface area (Å²) >= 11 is 0. The molecule has 30 heavy (non-hydrogen) atoms. The first-order valence-corrected chi connectivity index (χ1v) is 8.51. The normalized spacial score (nSPS) is 15.3. The lowest BCUT2D eigenvalue weighted by molar-refractivity contribution is -0.274. The molecule has 0 aromatic heterocycles. The van der Waals surface area contributed by atoms with Crippen LogP contribution in [-0.2, 0) is 0 Å². The lowest BCUT2D eigenvalue weighted by atomic mass is 9.94. The molecule has 0 aliphatic carbocycles. The van der Waals surface area contributed by atoms with Crippen LogP contribution in [0.25, 0.3) is 0 Å². The molecule has 1 aliphatic rings. The summed E-state index contributed by atoms with van der Waals surface area (Å²) in [6.45, 7) is 2.46. The van der Waals surface area contributed by atoms with Crippen molar-refractivity contribution in [2.75, 3.05) is 26.2 Å². The van der Waals surface area contributed by atoms with Gasteiger partial charge in [-0.3, -0.25) is 4.90 Å². The minimum atomic E-state index is -4.80. The highest BCUT2D eigenvalue weighted by Crippen LogP contribution is 2.37. The number of benzene rings is 2. The van der Waals surface area contributed by atoms with E-state index in [1.807, 2.05) is 11.0 Å². The third-order valence-electron chi connectivity index (χ3n) is 4.46. The summed E-state index contributed by atoms with van der Waals surface area (Å²) in [5.74, 6) is -1.89. The molecule has 164 valence electrons. The topological polar surface area (TPSA) is 68.5 Å². The van der Waals surface area contributed by atoms with E-state index < -0.39 is 24.0 Å². The molecule has 0 bridgehead atoms. The van der Waals surface area contributed by atoms with Crippen LogP contribution in [0.2, 0.25) is 0 Å². The van der Waals surface area contributed by atoms with Gasteiger partial charge in [0.1, 0.15) is 5.75 Å². The highest BCUT2D eigenvalue weighted by Gasteiger charge is 2.32. The fourth-order valence-electron chi connectivity index (χ4n) is 3.27. The molecule has 0 spiro atoms. The SMILES string of the molecule is Cl.Cl.N#Cc1cc(F)c(O)c([C@H](c2ccc(OC(F)(F)F)cc2)N2CCNCC2)c1. The fourth-order valence-corrected chi connectivity index (χ4v) is 3.27. The van der Waals surface area contributed by atoms with Crippen LogP contribution < -0.4 is 10.1 Å². The number of nitrogens with one attached hydrogen (secondary N) is 1. The lowest BCUT2D eigenvalue weighted by Gasteiger charge is -2.36. The standard InChI is InChI=1S/C19H17F4N3O2.2ClH/c20-16-10-12(11-24)9-15(18(16)27)17(26-7-5-25-6-8-26)13-1-3-14(4-2-13)28-19(21,22)23;;/h1-4,9-10,17,25,27H,5-8H2;2*1H/t17-;;/m0../s1. The monoisotopic (exact) mass is 467 g/mol. The van der Waals surface area contributed by atoms with Gasteiger partial charge in [0, 0.05) is 31.7 Å². The first-order chi connectivity index (χ1) is 13.3. The van der Waals surface area contributed by atoms with Crippen LogP contribution in [0.15, 0.2) is 36.4 Å². The molecule has 11 heteroatoms. The molecule has 0 radical (unpaired) electrons. The second kappa shape index (κ2) is 10.7. The van der Waals surface area contributed by atoms with E-state index in [0.29, 0.717) is 31.7 Å². The summed E-state index contributed by atoms with van der Waals surface area (Å²) in [7, 11) is 0. The van der Waals surface area contributed by atoms with Crippen molar-refractivity contribution in [1.82, 2.24) is 10.2 Å². The molecule has 1 aliphatic heterocycles. The van der Waals surface area contributed by atoms with Gasteiger partial charge in [0.2, 0.25) is 0 Å². The summed E-state index contributed by atoms with van der Waals surface area (Å²) < 4.78 is 55.2. The van der Waals surface area contributed by atoms with Gasteiger partial charge in [-0.2, -0.15) is 5.26 Å². The zero-order chi connectivity index (χ0) is 20.3. The lowest BCUT2D eigenvalue weighted by Crippen LogP contribution is -2.45. The van der Waals surface area contributed by atoms with Gasteiger partial charge in [0.05, 0.1) is 17.7 Å². The fraction of sp³-hybridized carbons (Fsp3) is 0.316. The van der Waals surface area contributed by atoms with Crippen LogP contribution >= 0.6 is 24.8 Å². The number of rotatable bonds is 4. The molecule has 5 nitrogen and oxygen atoms in total. The van der Waals surface area contributed by atoms with Crippen molar-refractivity contribution in [2.45, 2.75) is 12.4 Å². The van der Waals surface area contributed by atoms with Crippen LogP contribution in [-0.4, -0.2) is 42.5 Å². The van der Waals surface area contributed by atoms with Gasteiger partial charge in [-0.1, -0.05) is 12.1 Å². The van der Waals surface area contributed by atoms with Crippen molar-refractivity contribution in [1.29, 1.82) is 5.26 Å². The van der Waals surface area contributed by atoms with Gasteiger partial charge in [-0.15, -0.1) is 38.0 Å². The number of hydrogen-bond donors (Lipinski definition) is 2. The van der Waals surface area contributed by atoms with E-state index in [0.717, 1.165) is 6.07 Å². The maximum atomic E-state index is 14.1. The Balaban J connectivity index is 0.00000225. The Morgan fingerprint density at radius 3 is 2.23 bits per heavy atom. The number of phenols is 1. The molecule has 1 saturated heterocycles.